The van der Waals surface area contributed by atoms with Crippen LogP contribution in [0.25, 0.3) is 0 Å². The molecule has 1 aromatic rings. The van der Waals surface area contributed by atoms with Gasteiger partial charge in [-0.05, 0) is 26.8 Å². The second-order valence-corrected chi connectivity index (χ2v) is 5.06. The Bertz CT molecular complexity index is 565. The van der Waals surface area contributed by atoms with Crippen molar-refractivity contribution in [1.82, 2.24) is 0 Å². The lowest BCUT2D eigenvalue weighted by Gasteiger charge is -2.17. The Balaban J connectivity index is 2.77. The number of nitro benzene ring substituents is 2. The van der Waals surface area contributed by atoms with Crippen molar-refractivity contribution in [2.24, 2.45) is 5.10 Å². The number of hydrogen-bond donors (Lipinski definition) is 1. The zero-order chi connectivity index (χ0) is 16.0. The molecule has 0 unspecified atom stereocenters. The van der Waals surface area contributed by atoms with Gasteiger partial charge in [-0.3, -0.25) is 25.7 Å². The highest BCUT2D eigenvalue weighted by Crippen LogP contribution is 2.28. The van der Waals surface area contributed by atoms with Crippen molar-refractivity contribution in [2.75, 3.05) is 12.0 Å². The van der Waals surface area contributed by atoms with E-state index in [2.05, 4.69) is 10.5 Å². The van der Waals surface area contributed by atoms with Gasteiger partial charge in [-0.15, -0.1) is 0 Å². The van der Waals surface area contributed by atoms with Gasteiger partial charge < -0.3 is 4.74 Å². The van der Waals surface area contributed by atoms with Crippen LogP contribution in [0.4, 0.5) is 17.1 Å². The second-order valence-electron chi connectivity index (χ2n) is 5.06. The molecule has 0 aromatic heterocycles. The molecule has 0 spiro atoms. The number of ether oxygens (including phenoxy) is 1. The molecule has 0 atom stereocenters. The smallest absolute Gasteiger partial charge is 0.301 e. The number of nitro groups is 2. The Morgan fingerprint density at radius 1 is 1.29 bits per heavy atom. The van der Waals surface area contributed by atoms with Gasteiger partial charge in [0, 0.05) is 6.07 Å². The molecule has 1 rings (SSSR count). The number of benzene rings is 1. The average molecular weight is 296 g/mol. The molecule has 0 radical (unpaired) electrons. The Morgan fingerprint density at radius 2 is 1.95 bits per heavy atom. The lowest BCUT2D eigenvalue weighted by atomic mass is 10.2. The van der Waals surface area contributed by atoms with E-state index < -0.39 is 15.5 Å². The maximum Gasteiger partial charge on any atom is 0.301 e. The van der Waals surface area contributed by atoms with Crippen molar-refractivity contribution in [2.45, 2.75) is 26.4 Å². The highest BCUT2D eigenvalue weighted by Gasteiger charge is 2.19. The second kappa shape index (κ2) is 6.75. The van der Waals surface area contributed by atoms with E-state index >= 15 is 0 Å². The van der Waals surface area contributed by atoms with Crippen LogP contribution in [0.15, 0.2) is 23.3 Å². The summed E-state index contributed by atoms with van der Waals surface area (Å²) < 4.78 is 5.38. The third kappa shape index (κ3) is 5.53. The number of hydrazone groups is 1. The Hall–Kier alpha value is -2.55. The monoisotopic (exact) mass is 296 g/mol. The summed E-state index contributed by atoms with van der Waals surface area (Å²) in [5.41, 5.74) is 1.45. The summed E-state index contributed by atoms with van der Waals surface area (Å²) in [6.07, 6.45) is 1.41. The van der Waals surface area contributed by atoms with Gasteiger partial charge in [-0.1, -0.05) is 0 Å². The molecule has 9 nitrogen and oxygen atoms in total. The SMILES string of the molecule is CC(C)(C)OCC=NNc1ccc([N+](=O)[O-])cc1[N+](=O)[O-]. The van der Waals surface area contributed by atoms with Crippen LogP contribution in [-0.4, -0.2) is 28.3 Å². The largest absolute Gasteiger partial charge is 0.370 e. The van der Waals surface area contributed by atoms with Crippen molar-refractivity contribution in [3.63, 3.8) is 0 Å². The van der Waals surface area contributed by atoms with Crippen LogP contribution >= 0.6 is 0 Å². The molecular formula is C12H16N4O5. The molecule has 0 bridgehead atoms. The van der Waals surface area contributed by atoms with E-state index in [0.717, 1.165) is 12.1 Å². The van der Waals surface area contributed by atoms with Crippen LogP contribution in [0, 0.1) is 20.2 Å². The van der Waals surface area contributed by atoms with Gasteiger partial charge in [0.25, 0.3) is 5.69 Å². The molecule has 114 valence electrons. The van der Waals surface area contributed by atoms with Crippen molar-refractivity contribution in [3.8, 4) is 0 Å². The topological polar surface area (TPSA) is 120 Å². The van der Waals surface area contributed by atoms with E-state index in [1.54, 1.807) is 0 Å². The standard InChI is InChI=1S/C12H16N4O5/c1-12(2,3)21-7-6-13-14-10-5-4-9(15(17)18)8-11(10)16(19)20/h4-6,8,14H,7H2,1-3H3. The minimum absolute atomic E-state index is 0.0672. The van der Waals surface area contributed by atoms with Gasteiger partial charge >= 0.3 is 5.69 Å². The van der Waals surface area contributed by atoms with E-state index in [4.69, 9.17) is 4.74 Å². The summed E-state index contributed by atoms with van der Waals surface area (Å²) in [5.74, 6) is 0. The molecule has 0 aliphatic carbocycles. The summed E-state index contributed by atoms with van der Waals surface area (Å²) in [6, 6.07) is 3.28. The third-order valence-electron chi connectivity index (χ3n) is 2.26. The van der Waals surface area contributed by atoms with Gasteiger partial charge in [0.15, 0.2) is 0 Å². The number of anilines is 1. The normalized spacial score (nSPS) is 11.6. The minimum atomic E-state index is -0.712. The molecule has 0 saturated heterocycles. The van der Waals surface area contributed by atoms with Crippen LogP contribution in [-0.2, 0) is 4.74 Å². The lowest BCUT2D eigenvalue weighted by molar-refractivity contribution is -0.393. The van der Waals surface area contributed by atoms with Crippen LogP contribution < -0.4 is 5.43 Å². The van der Waals surface area contributed by atoms with Crippen LogP contribution in [0.5, 0.6) is 0 Å². The van der Waals surface area contributed by atoms with Gasteiger partial charge in [0.1, 0.15) is 5.69 Å². The molecule has 0 aliphatic rings. The molecule has 9 heteroatoms. The molecule has 0 amide bonds. The predicted octanol–water partition coefficient (Wildman–Crippen LogP) is 2.72. The molecule has 21 heavy (non-hydrogen) atoms. The van der Waals surface area contributed by atoms with Crippen molar-refractivity contribution in [3.05, 3.63) is 38.4 Å². The first-order valence-electron chi connectivity index (χ1n) is 6.05. The van der Waals surface area contributed by atoms with E-state index in [0.29, 0.717) is 0 Å². The average Bonchev–Trinajstić information content (AvgIpc) is 2.36. The first kappa shape index (κ1) is 16.5. The zero-order valence-corrected chi connectivity index (χ0v) is 11.9. The molecule has 1 aromatic carbocycles. The highest BCUT2D eigenvalue weighted by atomic mass is 16.6. The Morgan fingerprint density at radius 3 is 2.48 bits per heavy atom. The van der Waals surface area contributed by atoms with Gasteiger partial charge in [-0.2, -0.15) is 5.10 Å². The van der Waals surface area contributed by atoms with Crippen molar-refractivity contribution < 1.29 is 14.6 Å². The van der Waals surface area contributed by atoms with Crippen LogP contribution in [0.1, 0.15) is 20.8 Å². The fraction of sp³-hybridized carbons (Fsp3) is 0.417. The van der Waals surface area contributed by atoms with E-state index in [1.165, 1.54) is 12.3 Å². The maximum absolute atomic E-state index is 10.9. The molecule has 1 N–H and O–H groups in total. The fourth-order valence-corrected chi connectivity index (χ4v) is 1.32. The fourth-order valence-electron chi connectivity index (χ4n) is 1.32. The molecular weight excluding hydrogens is 280 g/mol. The zero-order valence-electron chi connectivity index (χ0n) is 11.9. The van der Waals surface area contributed by atoms with Crippen LogP contribution in [0.2, 0.25) is 0 Å². The van der Waals surface area contributed by atoms with E-state index in [1.807, 2.05) is 20.8 Å². The van der Waals surface area contributed by atoms with Crippen molar-refractivity contribution in [1.29, 1.82) is 0 Å². The highest BCUT2D eigenvalue weighted by molar-refractivity contribution is 5.67. The number of hydrogen-bond acceptors (Lipinski definition) is 7. The summed E-state index contributed by atoms with van der Waals surface area (Å²) >= 11 is 0. The third-order valence-corrected chi connectivity index (χ3v) is 2.26. The van der Waals surface area contributed by atoms with Gasteiger partial charge in [-0.25, -0.2) is 0 Å². The first-order chi connectivity index (χ1) is 9.70. The minimum Gasteiger partial charge on any atom is -0.370 e. The number of nitrogens with one attached hydrogen (secondary N) is 1. The molecule has 0 heterocycles. The molecule has 0 aliphatic heterocycles. The maximum atomic E-state index is 10.9. The molecule has 0 saturated carbocycles. The quantitative estimate of drug-likeness (QED) is 0.489. The molecule has 0 fully saturated rings. The summed E-state index contributed by atoms with van der Waals surface area (Å²) in [6.45, 7) is 5.89. The predicted molar refractivity (Wildman–Crippen MR) is 77.6 cm³/mol. The Labute approximate surface area is 120 Å². The summed E-state index contributed by atoms with van der Waals surface area (Å²) in [5, 5.41) is 25.3. The van der Waals surface area contributed by atoms with Crippen molar-refractivity contribution >= 4 is 23.3 Å². The van der Waals surface area contributed by atoms with Gasteiger partial charge in [0.05, 0.1) is 34.3 Å². The van der Waals surface area contributed by atoms with E-state index in [9.17, 15) is 20.2 Å². The Kier molecular flexibility index (Phi) is 5.30. The van der Waals surface area contributed by atoms with E-state index in [-0.39, 0.29) is 23.6 Å². The first-order valence-corrected chi connectivity index (χ1v) is 6.05. The van der Waals surface area contributed by atoms with Gasteiger partial charge in [0.2, 0.25) is 0 Å². The number of non-ortho nitro benzene ring substituents is 1. The number of rotatable bonds is 6. The lowest BCUT2D eigenvalue weighted by Crippen LogP contribution is -2.20. The summed E-state index contributed by atoms with van der Waals surface area (Å²) in [7, 11) is 0. The number of nitrogens with zero attached hydrogens (tertiary/aromatic N) is 3. The van der Waals surface area contributed by atoms with Crippen LogP contribution in [0.3, 0.4) is 0 Å². The summed E-state index contributed by atoms with van der Waals surface area (Å²) in [4.78, 5) is 20.1.